The molecular weight excluding hydrogens is 270 g/mol. The van der Waals surface area contributed by atoms with E-state index in [0.717, 1.165) is 12.3 Å². The first-order valence-electron chi connectivity index (χ1n) is 7.49. The Kier molecular flexibility index (Phi) is 4.98. The molecule has 0 heterocycles. The summed E-state index contributed by atoms with van der Waals surface area (Å²) in [7, 11) is 1.68. The SMILES string of the molecule is COc1cc(C2CCCC2CNC(C)(C)C)ccc1Cl. The minimum atomic E-state index is 0.185. The Morgan fingerprint density at radius 1 is 1.30 bits per heavy atom. The van der Waals surface area contributed by atoms with E-state index in [9.17, 15) is 0 Å². The van der Waals surface area contributed by atoms with E-state index in [4.69, 9.17) is 16.3 Å². The molecule has 2 rings (SSSR count). The van der Waals surface area contributed by atoms with Gasteiger partial charge in [0.1, 0.15) is 5.75 Å². The van der Waals surface area contributed by atoms with Crippen molar-refractivity contribution in [2.45, 2.75) is 51.5 Å². The number of hydrogen-bond acceptors (Lipinski definition) is 2. The average Bonchev–Trinajstić information content (AvgIpc) is 2.84. The maximum absolute atomic E-state index is 6.12. The van der Waals surface area contributed by atoms with Crippen molar-refractivity contribution in [1.29, 1.82) is 0 Å². The molecule has 1 aromatic carbocycles. The van der Waals surface area contributed by atoms with Gasteiger partial charge in [0.2, 0.25) is 0 Å². The lowest BCUT2D eigenvalue weighted by atomic mass is 9.88. The van der Waals surface area contributed by atoms with Crippen molar-refractivity contribution < 1.29 is 4.74 Å². The van der Waals surface area contributed by atoms with Crippen molar-refractivity contribution in [2.24, 2.45) is 5.92 Å². The summed E-state index contributed by atoms with van der Waals surface area (Å²) in [5, 5.41) is 4.34. The first-order chi connectivity index (χ1) is 9.40. The Hall–Kier alpha value is -0.730. The van der Waals surface area contributed by atoms with Crippen LogP contribution >= 0.6 is 11.6 Å². The van der Waals surface area contributed by atoms with Gasteiger partial charge < -0.3 is 10.1 Å². The fourth-order valence-corrected chi connectivity index (χ4v) is 3.26. The Balaban J connectivity index is 2.10. The molecule has 0 amide bonds. The van der Waals surface area contributed by atoms with E-state index in [1.54, 1.807) is 7.11 Å². The Bertz CT molecular complexity index is 453. The lowest BCUT2D eigenvalue weighted by molar-refractivity contribution is 0.356. The smallest absolute Gasteiger partial charge is 0.137 e. The van der Waals surface area contributed by atoms with Crippen molar-refractivity contribution in [3.8, 4) is 5.75 Å². The third kappa shape index (κ3) is 3.89. The molecule has 0 bridgehead atoms. The summed E-state index contributed by atoms with van der Waals surface area (Å²) in [6.45, 7) is 7.76. The third-order valence-electron chi connectivity index (χ3n) is 4.16. The van der Waals surface area contributed by atoms with Crippen LogP contribution in [0.25, 0.3) is 0 Å². The summed E-state index contributed by atoms with van der Waals surface area (Å²) in [5.74, 6) is 2.12. The molecule has 1 aromatic rings. The first-order valence-corrected chi connectivity index (χ1v) is 7.87. The number of hydrogen-bond donors (Lipinski definition) is 1. The molecule has 0 saturated heterocycles. The van der Waals surface area contributed by atoms with Crippen LogP contribution in [0.4, 0.5) is 0 Å². The summed E-state index contributed by atoms with van der Waals surface area (Å²) in [6.07, 6.45) is 3.88. The maximum atomic E-state index is 6.12. The van der Waals surface area contributed by atoms with Crippen LogP contribution < -0.4 is 10.1 Å². The van der Waals surface area contributed by atoms with Gasteiger partial charge in [-0.3, -0.25) is 0 Å². The van der Waals surface area contributed by atoms with E-state index in [-0.39, 0.29) is 5.54 Å². The van der Waals surface area contributed by atoms with Gasteiger partial charge in [-0.05, 0) is 69.7 Å². The van der Waals surface area contributed by atoms with Crippen molar-refractivity contribution in [1.82, 2.24) is 5.32 Å². The summed E-state index contributed by atoms with van der Waals surface area (Å²) in [6, 6.07) is 6.23. The normalized spacial score (nSPS) is 23.1. The predicted octanol–water partition coefficient (Wildman–Crippen LogP) is 4.62. The van der Waals surface area contributed by atoms with Gasteiger partial charge in [0.25, 0.3) is 0 Å². The van der Waals surface area contributed by atoms with Crippen LogP contribution in [0.1, 0.15) is 51.5 Å². The van der Waals surface area contributed by atoms with Crippen LogP contribution in [0.3, 0.4) is 0 Å². The van der Waals surface area contributed by atoms with Crippen molar-refractivity contribution in [3.05, 3.63) is 28.8 Å². The predicted molar refractivity (Wildman–Crippen MR) is 85.8 cm³/mol. The monoisotopic (exact) mass is 295 g/mol. The highest BCUT2D eigenvalue weighted by Gasteiger charge is 2.29. The summed E-state index contributed by atoms with van der Waals surface area (Å²) in [4.78, 5) is 0. The molecule has 112 valence electrons. The van der Waals surface area contributed by atoms with Crippen molar-refractivity contribution in [2.75, 3.05) is 13.7 Å². The van der Waals surface area contributed by atoms with E-state index in [1.807, 2.05) is 6.07 Å². The van der Waals surface area contributed by atoms with Gasteiger partial charge in [0.05, 0.1) is 12.1 Å². The van der Waals surface area contributed by atoms with Crippen LogP contribution in [0.15, 0.2) is 18.2 Å². The number of benzene rings is 1. The van der Waals surface area contributed by atoms with Crippen LogP contribution in [0, 0.1) is 5.92 Å². The Labute approximate surface area is 127 Å². The molecular formula is C17H26ClNO. The van der Waals surface area contributed by atoms with Gasteiger partial charge in [-0.2, -0.15) is 0 Å². The highest BCUT2D eigenvalue weighted by Crippen LogP contribution is 2.41. The molecule has 0 aliphatic heterocycles. The molecule has 1 fully saturated rings. The molecule has 2 nitrogen and oxygen atoms in total. The third-order valence-corrected chi connectivity index (χ3v) is 4.47. The number of halogens is 1. The minimum absolute atomic E-state index is 0.185. The van der Waals surface area contributed by atoms with Gasteiger partial charge in [-0.15, -0.1) is 0 Å². The lowest BCUT2D eigenvalue weighted by Gasteiger charge is -2.27. The fraction of sp³-hybridized carbons (Fsp3) is 0.647. The van der Waals surface area contributed by atoms with Gasteiger partial charge in [0, 0.05) is 5.54 Å². The Morgan fingerprint density at radius 3 is 2.70 bits per heavy atom. The zero-order valence-electron chi connectivity index (χ0n) is 13.0. The maximum Gasteiger partial charge on any atom is 0.137 e. The highest BCUT2D eigenvalue weighted by atomic mass is 35.5. The molecule has 20 heavy (non-hydrogen) atoms. The molecule has 1 aliphatic rings. The van der Waals surface area contributed by atoms with Crippen molar-refractivity contribution >= 4 is 11.6 Å². The molecule has 1 saturated carbocycles. The van der Waals surface area contributed by atoms with E-state index < -0.39 is 0 Å². The van der Waals surface area contributed by atoms with E-state index in [1.165, 1.54) is 24.8 Å². The summed E-state index contributed by atoms with van der Waals surface area (Å²) >= 11 is 6.12. The molecule has 2 unspecified atom stereocenters. The van der Waals surface area contributed by atoms with E-state index in [0.29, 0.717) is 16.9 Å². The molecule has 0 radical (unpaired) electrons. The quantitative estimate of drug-likeness (QED) is 0.875. The summed E-state index contributed by atoms with van der Waals surface area (Å²) < 4.78 is 5.35. The van der Waals surface area contributed by atoms with Gasteiger partial charge in [-0.1, -0.05) is 24.1 Å². The number of rotatable bonds is 4. The van der Waals surface area contributed by atoms with Crippen LogP contribution in [-0.2, 0) is 0 Å². The average molecular weight is 296 g/mol. The minimum Gasteiger partial charge on any atom is -0.495 e. The topological polar surface area (TPSA) is 21.3 Å². The Morgan fingerprint density at radius 2 is 2.05 bits per heavy atom. The molecule has 0 spiro atoms. The highest BCUT2D eigenvalue weighted by molar-refractivity contribution is 6.32. The zero-order chi connectivity index (χ0) is 14.8. The molecule has 3 heteroatoms. The summed E-state index contributed by atoms with van der Waals surface area (Å²) in [5.41, 5.74) is 1.55. The molecule has 1 aliphatic carbocycles. The lowest BCUT2D eigenvalue weighted by Crippen LogP contribution is -2.39. The molecule has 1 N–H and O–H groups in total. The van der Waals surface area contributed by atoms with Crippen molar-refractivity contribution in [3.63, 3.8) is 0 Å². The van der Waals surface area contributed by atoms with Gasteiger partial charge in [0.15, 0.2) is 0 Å². The second kappa shape index (κ2) is 6.36. The van der Waals surface area contributed by atoms with Crippen LogP contribution in [-0.4, -0.2) is 19.2 Å². The van der Waals surface area contributed by atoms with Gasteiger partial charge in [-0.25, -0.2) is 0 Å². The first kappa shape index (κ1) is 15.7. The number of ether oxygens (including phenoxy) is 1. The van der Waals surface area contributed by atoms with Crippen LogP contribution in [0.2, 0.25) is 5.02 Å². The fourth-order valence-electron chi connectivity index (χ4n) is 3.06. The van der Waals surface area contributed by atoms with Gasteiger partial charge >= 0.3 is 0 Å². The second-order valence-electron chi connectivity index (χ2n) is 6.82. The standard InChI is InChI=1S/C17H26ClNO/c1-17(2,3)19-11-13-6-5-7-14(13)12-8-9-15(18)16(10-12)20-4/h8-10,13-14,19H,5-7,11H2,1-4H3. The number of methoxy groups -OCH3 is 1. The molecule has 0 aromatic heterocycles. The van der Waals surface area contributed by atoms with Crippen LogP contribution in [0.5, 0.6) is 5.75 Å². The number of nitrogens with one attached hydrogen (secondary N) is 1. The second-order valence-corrected chi connectivity index (χ2v) is 7.23. The van der Waals surface area contributed by atoms with E-state index in [2.05, 4.69) is 38.2 Å². The molecule has 2 atom stereocenters. The largest absolute Gasteiger partial charge is 0.495 e. The zero-order valence-corrected chi connectivity index (χ0v) is 13.8. The van der Waals surface area contributed by atoms with E-state index >= 15 is 0 Å².